The van der Waals surface area contributed by atoms with Crippen LogP contribution in [0.3, 0.4) is 0 Å². The van der Waals surface area contributed by atoms with Gasteiger partial charge in [0.05, 0.1) is 0 Å². The van der Waals surface area contributed by atoms with Gasteiger partial charge in [-0.1, -0.05) is 31.2 Å². The number of rotatable bonds is 4. The van der Waals surface area contributed by atoms with E-state index in [-0.39, 0.29) is 5.82 Å². The molecule has 1 N–H and O–H groups in total. The van der Waals surface area contributed by atoms with Crippen LogP contribution < -0.4 is 5.32 Å². The van der Waals surface area contributed by atoms with Gasteiger partial charge in [0.25, 0.3) is 0 Å². The van der Waals surface area contributed by atoms with E-state index in [9.17, 15) is 4.39 Å². The molecule has 1 aliphatic carbocycles. The Labute approximate surface area is 119 Å². The number of hydrogen-bond acceptors (Lipinski definition) is 1. The van der Waals surface area contributed by atoms with Crippen molar-refractivity contribution in [1.82, 2.24) is 0 Å². The Bertz CT molecular complexity index is 587. The molecular formula is C18H20FN. The molecule has 1 aliphatic rings. The van der Waals surface area contributed by atoms with Crippen molar-refractivity contribution in [2.24, 2.45) is 0 Å². The molecule has 0 heterocycles. The average molecular weight is 269 g/mol. The van der Waals surface area contributed by atoms with Crippen molar-refractivity contribution in [2.75, 3.05) is 5.32 Å². The Balaban J connectivity index is 1.58. The van der Waals surface area contributed by atoms with E-state index in [1.54, 1.807) is 12.1 Å². The van der Waals surface area contributed by atoms with Gasteiger partial charge in [-0.2, -0.15) is 0 Å². The highest BCUT2D eigenvalue weighted by molar-refractivity contribution is 5.47. The number of halogens is 1. The lowest BCUT2D eigenvalue weighted by Crippen LogP contribution is -2.34. The highest BCUT2D eigenvalue weighted by Crippen LogP contribution is 2.38. The van der Waals surface area contributed by atoms with Crippen LogP contribution in [0.1, 0.15) is 36.8 Å². The van der Waals surface area contributed by atoms with Crippen molar-refractivity contribution < 1.29 is 4.39 Å². The van der Waals surface area contributed by atoms with E-state index in [0.717, 1.165) is 24.8 Å². The van der Waals surface area contributed by atoms with Crippen LogP contribution in [0.4, 0.5) is 10.1 Å². The maximum Gasteiger partial charge on any atom is 0.123 e. The highest BCUT2D eigenvalue weighted by atomic mass is 19.1. The Morgan fingerprint density at radius 1 is 1.10 bits per heavy atom. The van der Waals surface area contributed by atoms with Gasteiger partial charge in [-0.05, 0) is 60.6 Å². The van der Waals surface area contributed by atoms with Gasteiger partial charge in [0.2, 0.25) is 0 Å². The fourth-order valence-corrected chi connectivity index (χ4v) is 2.89. The summed E-state index contributed by atoms with van der Waals surface area (Å²) in [5, 5.41) is 3.57. The van der Waals surface area contributed by atoms with Gasteiger partial charge in [-0.3, -0.25) is 0 Å². The molecule has 2 heteroatoms. The van der Waals surface area contributed by atoms with Crippen LogP contribution in [0.2, 0.25) is 0 Å². The van der Waals surface area contributed by atoms with E-state index < -0.39 is 0 Å². The Kier molecular flexibility index (Phi) is 3.72. The van der Waals surface area contributed by atoms with E-state index in [4.69, 9.17) is 0 Å². The molecule has 0 saturated heterocycles. The molecule has 104 valence electrons. The molecule has 2 aromatic rings. The summed E-state index contributed by atoms with van der Waals surface area (Å²) in [5.74, 6) is 0.368. The molecule has 0 aliphatic heterocycles. The van der Waals surface area contributed by atoms with Crippen molar-refractivity contribution in [3.8, 4) is 0 Å². The summed E-state index contributed by atoms with van der Waals surface area (Å²) in [6, 6.07) is 16.1. The smallest absolute Gasteiger partial charge is 0.123 e. The zero-order valence-corrected chi connectivity index (χ0v) is 11.8. The van der Waals surface area contributed by atoms with Gasteiger partial charge in [0.15, 0.2) is 0 Å². The van der Waals surface area contributed by atoms with E-state index in [0.29, 0.717) is 12.0 Å². The summed E-state index contributed by atoms with van der Waals surface area (Å²) in [7, 11) is 0. The Morgan fingerprint density at radius 3 is 2.65 bits per heavy atom. The largest absolute Gasteiger partial charge is 0.382 e. The average Bonchev–Trinajstić information content (AvgIpc) is 2.42. The third-order valence-corrected chi connectivity index (χ3v) is 4.16. The molecule has 1 nitrogen and oxygen atoms in total. The summed E-state index contributed by atoms with van der Waals surface area (Å²) < 4.78 is 13.2. The predicted molar refractivity (Wildman–Crippen MR) is 81.6 cm³/mol. The lowest BCUT2D eigenvalue weighted by atomic mass is 9.76. The van der Waals surface area contributed by atoms with E-state index in [1.807, 2.05) is 6.07 Å². The summed E-state index contributed by atoms with van der Waals surface area (Å²) in [6.07, 6.45) is 3.23. The van der Waals surface area contributed by atoms with Crippen LogP contribution >= 0.6 is 0 Å². The third kappa shape index (κ3) is 2.84. The summed E-state index contributed by atoms with van der Waals surface area (Å²) in [6.45, 7) is 2.17. The molecule has 0 amide bonds. The maximum absolute atomic E-state index is 13.2. The predicted octanol–water partition coefficient (Wildman–Crippen LogP) is 4.75. The van der Waals surface area contributed by atoms with Crippen LogP contribution in [0.5, 0.6) is 0 Å². The van der Waals surface area contributed by atoms with Crippen LogP contribution in [-0.2, 0) is 6.42 Å². The quantitative estimate of drug-likeness (QED) is 0.845. The first-order valence-corrected chi connectivity index (χ1v) is 7.35. The molecule has 1 fully saturated rings. The fourth-order valence-electron chi connectivity index (χ4n) is 2.89. The normalized spacial score (nSPS) is 21.3. The van der Waals surface area contributed by atoms with Crippen LogP contribution in [-0.4, -0.2) is 6.04 Å². The minimum Gasteiger partial charge on any atom is -0.382 e. The standard InChI is InChI=1S/C18H20FN/c1-2-13-5-3-8-17(9-13)20-18-11-15(12-18)14-6-4-7-16(19)10-14/h3-10,15,18,20H,2,11-12H2,1H3. The first-order valence-electron chi connectivity index (χ1n) is 7.35. The summed E-state index contributed by atoms with van der Waals surface area (Å²) >= 11 is 0. The number of benzene rings is 2. The van der Waals surface area contributed by atoms with Gasteiger partial charge in [0, 0.05) is 11.7 Å². The monoisotopic (exact) mass is 269 g/mol. The molecule has 0 atom stereocenters. The molecule has 0 spiro atoms. The molecule has 0 radical (unpaired) electrons. The third-order valence-electron chi connectivity index (χ3n) is 4.16. The van der Waals surface area contributed by atoms with Gasteiger partial charge < -0.3 is 5.32 Å². The maximum atomic E-state index is 13.2. The first kappa shape index (κ1) is 13.2. The second kappa shape index (κ2) is 5.66. The minimum absolute atomic E-state index is 0.130. The van der Waals surface area contributed by atoms with Crippen LogP contribution in [0.15, 0.2) is 48.5 Å². The van der Waals surface area contributed by atoms with E-state index in [2.05, 4.69) is 36.5 Å². The van der Waals surface area contributed by atoms with E-state index in [1.165, 1.54) is 17.3 Å². The van der Waals surface area contributed by atoms with Gasteiger partial charge in [-0.25, -0.2) is 4.39 Å². The molecule has 20 heavy (non-hydrogen) atoms. The van der Waals surface area contributed by atoms with Gasteiger partial charge in [-0.15, -0.1) is 0 Å². The molecule has 3 rings (SSSR count). The molecule has 0 unspecified atom stereocenters. The van der Waals surface area contributed by atoms with E-state index >= 15 is 0 Å². The number of anilines is 1. The number of aryl methyl sites for hydroxylation is 1. The second-order valence-electron chi connectivity index (χ2n) is 5.62. The topological polar surface area (TPSA) is 12.0 Å². The molecule has 2 aromatic carbocycles. The molecule has 0 aromatic heterocycles. The van der Waals surface area contributed by atoms with Crippen molar-refractivity contribution in [1.29, 1.82) is 0 Å². The zero-order valence-electron chi connectivity index (χ0n) is 11.8. The highest BCUT2D eigenvalue weighted by Gasteiger charge is 2.30. The zero-order chi connectivity index (χ0) is 13.9. The van der Waals surface area contributed by atoms with Gasteiger partial charge >= 0.3 is 0 Å². The Morgan fingerprint density at radius 2 is 1.90 bits per heavy atom. The Hall–Kier alpha value is -1.83. The first-order chi connectivity index (χ1) is 9.74. The molecule has 1 saturated carbocycles. The summed E-state index contributed by atoms with van der Waals surface area (Å²) in [5.41, 5.74) is 3.69. The fraction of sp³-hybridized carbons (Fsp3) is 0.333. The SMILES string of the molecule is CCc1cccc(NC2CC(c3cccc(F)c3)C2)c1. The minimum atomic E-state index is -0.130. The van der Waals surface area contributed by atoms with Gasteiger partial charge in [0.1, 0.15) is 5.82 Å². The molecule has 0 bridgehead atoms. The van der Waals surface area contributed by atoms with Crippen molar-refractivity contribution in [3.05, 3.63) is 65.5 Å². The lowest BCUT2D eigenvalue weighted by Gasteiger charge is -2.37. The number of nitrogens with one attached hydrogen (secondary N) is 1. The summed E-state index contributed by atoms with van der Waals surface area (Å²) in [4.78, 5) is 0. The second-order valence-corrected chi connectivity index (χ2v) is 5.62. The van der Waals surface area contributed by atoms with Crippen LogP contribution in [0.25, 0.3) is 0 Å². The number of hydrogen-bond donors (Lipinski definition) is 1. The van der Waals surface area contributed by atoms with Crippen LogP contribution in [0, 0.1) is 5.82 Å². The lowest BCUT2D eigenvalue weighted by molar-refractivity contribution is 0.373. The molecular weight excluding hydrogens is 249 g/mol. The van der Waals surface area contributed by atoms with Crippen molar-refractivity contribution in [3.63, 3.8) is 0 Å². The van der Waals surface area contributed by atoms with Crippen molar-refractivity contribution in [2.45, 2.75) is 38.1 Å². The van der Waals surface area contributed by atoms with Crippen molar-refractivity contribution >= 4 is 5.69 Å².